The summed E-state index contributed by atoms with van der Waals surface area (Å²) in [6.45, 7) is 2.58. The summed E-state index contributed by atoms with van der Waals surface area (Å²) in [6, 6.07) is 0. The Bertz CT molecular complexity index is 110. The predicted molar refractivity (Wildman–Crippen MR) is 46.5 cm³/mol. The second-order valence-corrected chi connectivity index (χ2v) is 4.72. The first-order chi connectivity index (χ1) is 4.91. The molecule has 1 spiro atoms. The van der Waals surface area contributed by atoms with Crippen LogP contribution in [0.1, 0.15) is 19.3 Å². The monoisotopic (exact) mass is 157 g/mol. The van der Waals surface area contributed by atoms with Gasteiger partial charge in [-0.1, -0.05) is 6.42 Å². The van der Waals surface area contributed by atoms with E-state index in [4.69, 9.17) is 0 Å². The van der Waals surface area contributed by atoms with Crippen molar-refractivity contribution in [3.63, 3.8) is 0 Å². The highest BCUT2D eigenvalue weighted by Crippen LogP contribution is 2.36. The molecule has 2 rings (SSSR count). The van der Waals surface area contributed by atoms with Crippen LogP contribution in [0.15, 0.2) is 0 Å². The van der Waals surface area contributed by atoms with E-state index in [0.29, 0.717) is 0 Å². The second-order valence-electron chi connectivity index (χ2n) is 3.61. The standard InChI is InChI=1S/C8H15NS/c1-2-4-10-7-8(3-1)5-9-6-8/h9H,1-7H2. The predicted octanol–water partition coefficient (Wildman–Crippen LogP) is 1.49. The Morgan fingerprint density at radius 2 is 2.10 bits per heavy atom. The molecule has 0 bridgehead atoms. The maximum atomic E-state index is 3.39. The van der Waals surface area contributed by atoms with Crippen molar-refractivity contribution >= 4 is 11.8 Å². The topological polar surface area (TPSA) is 12.0 Å². The van der Waals surface area contributed by atoms with Crippen molar-refractivity contribution in [3.05, 3.63) is 0 Å². The fourth-order valence-corrected chi connectivity index (χ4v) is 3.16. The van der Waals surface area contributed by atoms with Crippen LogP contribution >= 0.6 is 11.8 Å². The molecule has 2 fully saturated rings. The van der Waals surface area contributed by atoms with Crippen molar-refractivity contribution < 1.29 is 0 Å². The molecule has 2 aliphatic heterocycles. The van der Waals surface area contributed by atoms with Gasteiger partial charge in [-0.15, -0.1) is 0 Å². The van der Waals surface area contributed by atoms with E-state index in [1.165, 1.54) is 43.9 Å². The largest absolute Gasteiger partial charge is 0.315 e. The Morgan fingerprint density at radius 1 is 1.20 bits per heavy atom. The summed E-state index contributed by atoms with van der Waals surface area (Å²) in [6.07, 6.45) is 4.40. The normalized spacial score (nSPS) is 31.2. The fraction of sp³-hybridized carbons (Fsp3) is 1.00. The third-order valence-electron chi connectivity index (χ3n) is 2.65. The van der Waals surface area contributed by atoms with Crippen molar-refractivity contribution in [1.29, 1.82) is 0 Å². The van der Waals surface area contributed by atoms with E-state index in [1.54, 1.807) is 0 Å². The van der Waals surface area contributed by atoms with E-state index in [-0.39, 0.29) is 0 Å². The number of nitrogens with one attached hydrogen (secondary N) is 1. The van der Waals surface area contributed by atoms with E-state index in [9.17, 15) is 0 Å². The summed E-state index contributed by atoms with van der Waals surface area (Å²) in [5.41, 5.74) is 0.737. The minimum Gasteiger partial charge on any atom is -0.315 e. The van der Waals surface area contributed by atoms with E-state index in [0.717, 1.165) is 5.41 Å². The van der Waals surface area contributed by atoms with Gasteiger partial charge in [0.05, 0.1) is 0 Å². The molecular weight excluding hydrogens is 142 g/mol. The van der Waals surface area contributed by atoms with Crippen molar-refractivity contribution in [1.82, 2.24) is 5.32 Å². The quantitative estimate of drug-likeness (QED) is 0.572. The molecule has 0 atom stereocenters. The molecule has 0 amide bonds. The Kier molecular flexibility index (Phi) is 1.92. The molecule has 10 heavy (non-hydrogen) atoms. The number of hydrogen-bond donors (Lipinski definition) is 1. The Hall–Kier alpha value is 0.310. The summed E-state index contributed by atoms with van der Waals surface area (Å²) in [5.74, 6) is 2.82. The molecule has 0 aromatic heterocycles. The Morgan fingerprint density at radius 3 is 2.80 bits per heavy atom. The number of thioether (sulfide) groups is 1. The van der Waals surface area contributed by atoms with Gasteiger partial charge < -0.3 is 5.32 Å². The molecule has 0 radical (unpaired) electrons. The van der Waals surface area contributed by atoms with Crippen LogP contribution in [-0.2, 0) is 0 Å². The Labute approximate surface area is 67.0 Å². The van der Waals surface area contributed by atoms with Gasteiger partial charge in [0.2, 0.25) is 0 Å². The molecule has 1 N–H and O–H groups in total. The van der Waals surface area contributed by atoms with Crippen LogP contribution in [0, 0.1) is 5.41 Å². The zero-order chi connectivity index (χ0) is 6.86. The molecule has 0 aromatic rings. The van der Waals surface area contributed by atoms with Gasteiger partial charge in [-0.05, 0) is 18.6 Å². The molecule has 0 unspecified atom stereocenters. The van der Waals surface area contributed by atoms with E-state index >= 15 is 0 Å². The number of hydrogen-bond acceptors (Lipinski definition) is 2. The van der Waals surface area contributed by atoms with Gasteiger partial charge in [0, 0.05) is 24.3 Å². The van der Waals surface area contributed by atoms with Gasteiger partial charge >= 0.3 is 0 Å². The van der Waals surface area contributed by atoms with E-state index in [1.807, 2.05) is 0 Å². The summed E-state index contributed by atoms with van der Waals surface area (Å²) < 4.78 is 0. The summed E-state index contributed by atoms with van der Waals surface area (Å²) in [4.78, 5) is 0. The average Bonchev–Trinajstić information content (AvgIpc) is 2.08. The fourth-order valence-electron chi connectivity index (χ4n) is 1.82. The third kappa shape index (κ3) is 1.19. The first-order valence-electron chi connectivity index (χ1n) is 4.20. The minimum atomic E-state index is 0.737. The van der Waals surface area contributed by atoms with Gasteiger partial charge in [0.1, 0.15) is 0 Å². The Balaban J connectivity index is 1.92. The van der Waals surface area contributed by atoms with Gasteiger partial charge in [0.15, 0.2) is 0 Å². The molecule has 1 nitrogen and oxygen atoms in total. The smallest absolute Gasteiger partial charge is 0.00430 e. The molecule has 2 saturated heterocycles. The maximum absolute atomic E-state index is 3.39. The van der Waals surface area contributed by atoms with Gasteiger partial charge in [0.25, 0.3) is 0 Å². The average molecular weight is 157 g/mol. The lowest BCUT2D eigenvalue weighted by atomic mass is 9.79. The van der Waals surface area contributed by atoms with Crippen molar-refractivity contribution in [2.24, 2.45) is 5.41 Å². The van der Waals surface area contributed by atoms with Crippen molar-refractivity contribution in [3.8, 4) is 0 Å². The minimum absolute atomic E-state index is 0.737. The van der Waals surface area contributed by atoms with Crippen LogP contribution < -0.4 is 5.32 Å². The first-order valence-corrected chi connectivity index (χ1v) is 5.35. The van der Waals surface area contributed by atoms with Crippen LogP contribution in [0.4, 0.5) is 0 Å². The lowest BCUT2D eigenvalue weighted by Crippen LogP contribution is -2.54. The van der Waals surface area contributed by atoms with Crippen LogP contribution in [0.25, 0.3) is 0 Å². The molecule has 58 valence electrons. The van der Waals surface area contributed by atoms with Gasteiger partial charge in [-0.2, -0.15) is 11.8 Å². The van der Waals surface area contributed by atoms with Gasteiger partial charge in [-0.3, -0.25) is 0 Å². The summed E-state index contributed by atoms with van der Waals surface area (Å²) in [7, 11) is 0. The summed E-state index contributed by atoms with van der Waals surface area (Å²) in [5, 5.41) is 3.39. The maximum Gasteiger partial charge on any atom is 0.00430 e. The van der Waals surface area contributed by atoms with Gasteiger partial charge in [-0.25, -0.2) is 0 Å². The highest BCUT2D eigenvalue weighted by molar-refractivity contribution is 7.99. The molecule has 2 heteroatoms. The molecule has 0 saturated carbocycles. The molecule has 0 aromatic carbocycles. The van der Waals surface area contributed by atoms with Crippen LogP contribution in [0.3, 0.4) is 0 Å². The lowest BCUT2D eigenvalue weighted by molar-refractivity contribution is 0.184. The van der Waals surface area contributed by atoms with Crippen molar-refractivity contribution in [2.45, 2.75) is 19.3 Å². The highest BCUT2D eigenvalue weighted by atomic mass is 32.2. The molecule has 0 aliphatic carbocycles. The first kappa shape index (κ1) is 6.99. The van der Waals surface area contributed by atoms with Crippen LogP contribution in [0.2, 0.25) is 0 Å². The zero-order valence-electron chi connectivity index (χ0n) is 6.36. The number of rotatable bonds is 0. The highest BCUT2D eigenvalue weighted by Gasteiger charge is 2.36. The SMILES string of the molecule is C1CCC2(CNC2)CSC1. The molecular formula is C8H15NS. The third-order valence-corrected chi connectivity index (χ3v) is 4.05. The second kappa shape index (κ2) is 2.74. The van der Waals surface area contributed by atoms with E-state index < -0.39 is 0 Å². The zero-order valence-corrected chi connectivity index (χ0v) is 7.17. The summed E-state index contributed by atoms with van der Waals surface area (Å²) >= 11 is 2.16. The lowest BCUT2D eigenvalue weighted by Gasteiger charge is -2.41. The molecule has 2 heterocycles. The van der Waals surface area contributed by atoms with Crippen molar-refractivity contribution in [2.75, 3.05) is 24.6 Å². The van der Waals surface area contributed by atoms with Crippen LogP contribution in [0.5, 0.6) is 0 Å². The van der Waals surface area contributed by atoms with E-state index in [2.05, 4.69) is 17.1 Å². The van der Waals surface area contributed by atoms with Crippen LogP contribution in [-0.4, -0.2) is 24.6 Å². The molecule has 2 aliphatic rings.